The number of nitrogens with zero attached hydrogens (tertiary/aromatic N) is 3. The van der Waals surface area contributed by atoms with Crippen molar-refractivity contribution in [2.24, 2.45) is 5.92 Å². The Morgan fingerprint density at radius 2 is 1.60 bits per heavy atom. The summed E-state index contributed by atoms with van der Waals surface area (Å²) in [6.07, 6.45) is 4.03. The third kappa shape index (κ3) is 5.57. The van der Waals surface area contributed by atoms with Crippen molar-refractivity contribution in [1.29, 1.82) is 0 Å². The van der Waals surface area contributed by atoms with Gasteiger partial charge < -0.3 is 15.1 Å². The predicted molar refractivity (Wildman–Crippen MR) is 95.6 cm³/mol. The van der Waals surface area contributed by atoms with E-state index in [4.69, 9.17) is 0 Å². The number of rotatable bonds is 4. The van der Waals surface area contributed by atoms with Gasteiger partial charge in [-0.25, -0.2) is 17.5 Å². The van der Waals surface area contributed by atoms with Crippen molar-refractivity contribution < 1.29 is 18.0 Å². The smallest absolute Gasteiger partial charge is 0.317 e. The number of nitrogens with one attached hydrogen (secondary N) is 1. The number of carbonyl (C=O) groups excluding carboxylic acids is 2. The molecule has 2 aliphatic heterocycles. The molecule has 2 heterocycles. The standard InChI is InChI=1S/C16H30N4O4S/c1-3-7-17-16(22)19-9-4-8-18(12-13-19)15(21)14-5-10-20(11-6-14)25(2,23)24/h14H,3-13H2,1-2H3,(H,17,22). The Labute approximate surface area is 150 Å². The first-order valence-corrected chi connectivity index (χ1v) is 10.9. The molecule has 0 aromatic heterocycles. The highest BCUT2D eigenvalue weighted by Gasteiger charge is 2.32. The van der Waals surface area contributed by atoms with Gasteiger partial charge in [0.1, 0.15) is 0 Å². The van der Waals surface area contributed by atoms with Gasteiger partial charge in [0.2, 0.25) is 15.9 Å². The van der Waals surface area contributed by atoms with E-state index in [-0.39, 0.29) is 17.9 Å². The summed E-state index contributed by atoms with van der Waals surface area (Å²) in [5, 5.41) is 2.88. The fourth-order valence-corrected chi connectivity index (χ4v) is 4.25. The zero-order chi connectivity index (χ0) is 18.4. The normalized spacial score (nSPS) is 21.0. The molecule has 0 aromatic carbocycles. The number of urea groups is 1. The third-order valence-corrected chi connectivity index (χ3v) is 6.20. The predicted octanol–water partition coefficient (Wildman–Crippen LogP) is 0.312. The highest BCUT2D eigenvalue weighted by atomic mass is 32.2. The molecule has 0 aromatic rings. The van der Waals surface area contributed by atoms with Crippen LogP contribution in [0.2, 0.25) is 0 Å². The molecule has 9 heteroatoms. The molecule has 0 spiro atoms. The molecule has 0 saturated carbocycles. The lowest BCUT2D eigenvalue weighted by Crippen LogP contribution is -2.46. The number of amides is 3. The lowest BCUT2D eigenvalue weighted by Gasteiger charge is -2.32. The molecular weight excluding hydrogens is 344 g/mol. The summed E-state index contributed by atoms with van der Waals surface area (Å²) in [5.41, 5.74) is 0. The Hall–Kier alpha value is -1.35. The second-order valence-corrected chi connectivity index (χ2v) is 8.82. The van der Waals surface area contributed by atoms with Crippen molar-refractivity contribution in [2.75, 3.05) is 52.1 Å². The molecule has 0 unspecified atom stereocenters. The highest BCUT2D eigenvalue weighted by Crippen LogP contribution is 2.22. The molecule has 2 fully saturated rings. The van der Waals surface area contributed by atoms with Gasteiger partial charge in [-0.15, -0.1) is 0 Å². The number of piperidine rings is 1. The number of hydrogen-bond donors (Lipinski definition) is 1. The molecule has 0 atom stereocenters. The van der Waals surface area contributed by atoms with Crippen LogP contribution >= 0.6 is 0 Å². The van der Waals surface area contributed by atoms with Crippen LogP contribution in [0.25, 0.3) is 0 Å². The lowest BCUT2D eigenvalue weighted by molar-refractivity contribution is -0.136. The fraction of sp³-hybridized carbons (Fsp3) is 0.875. The first-order chi connectivity index (χ1) is 11.8. The Bertz CT molecular complexity index is 573. The molecule has 3 amide bonds. The van der Waals surface area contributed by atoms with E-state index in [1.165, 1.54) is 10.6 Å². The molecular formula is C16H30N4O4S. The molecule has 0 aliphatic carbocycles. The molecule has 0 bridgehead atoms. The van der Waals surface area contributed by atoms with Crippen LogP contribution in [-0.2, 0) is 14.8 Å². The van der Waals surface area contributed by atoms with E-state index in [0.29, 0.717) is 58.7 Å². The van der Waals surface area contributed by atoms with E-state index in [1.54, 1.807) is 4.90 Å². The van der Waals surface area contributed by atoms with E-state index < -0.39 is 10.0 Å². The van der Waals surface area contributed by atoms with Gasteiger partial charge in [-0.1, -0.05) is 6.92 Å². The quantitative estimate of drug-likeness (QED) is 0.767. The Balaban J connectivity index is 1.84. The van der Waals surface area contributed by atoms with Crippen LogP contribution < -0.4 is 5.32 Å². The van der Waals surface area contributed by atoms with Gasteiger partial charge in [0.25, 0.3) is 0 Å². The SMILES string of the molecule is CCCNC(=O)N1CCCN(C(=O)C2CCN(S(C)(=O)=O)CC2)CC1. The van der Waals surface area contributed by atoms with Crippen LogP contribution in [0.3, 0.4) is 0 Å². The van der Waals surface area contributed by atoms with Crippen LogP contribution in [0, 0.1) is 5.92 Å². The second-order valence-electron chi connectivity index (χ2n) is 6.83. The van der Waals surface area contributed by atoms with Gasteiger partial charge >= 0.3 is 6.03 Å². The van der Waals surface area contributed by atoms with Crippen LogP contribution in [0.1, 0.15) is 32.6 Å². The Morgan fingerprint density at radius 1 is 1.00 bits per heavy atom. The zero-order valence-corrected chi connectivity index (χ0v) is 16.1. The molecule has 2 aliphatic rings. The van der Waals surface area contributed by atoms with Crippen molar-refractivity contribution in [1.82, 2.24) is 19.4 Å². The topological polar surface area (TPSA) is 90.0 Å². The summed E-state index contributed by atoms with van der Waals surface area (Å²) in [5.74, 6) is -0.0116. The average Bonchev–Trinajstić information content (AvgIpc) is 2.84. The largest absolute Gasteiger partial charge is 0.341 e. The number of carbonyl (C=O) groups is 2. The van der Waals surface area contributed by atoms with Crippen molar-refractivity contribution in [2.45, 2.75) is 32.6 Å². The summed E-state index contributed by atoms with van der Waals surface area (Å²) in [7, 11) is -3.17. The number of hydrogen-bond acceptors (Lipinski definition) is 4. The lowest BCUT2D eigenvalue weighted by atomic mass is 9.96. The molecule has 25 heavy (non-hydrogen) atoms. The molecule has 144 valence electrons. The minimum Gasteiger partial charge on any atom is -0.341 e. The maximum atomic E-state index is 12.7. The van der Waals surface area contributed by atoms with Crippen molar-refractivity contribution >= 4 is 22.0 Å². The monoisotopic (exact) mass is 374 g/mol. The van der Waals surface area contributed by atoms with Crippen molar-refractivity contribution in [3.05, 3.63) is 0 Å². The molecule has 2 saturated heterocycles. The van der Waals surface area contributed by atoms with Crippen molar-refractivity contribution in [3.8, 4) is 0 Å². The molecule has 2 rings (SSSR count). The maximum absolute atomic E-state index is 12.7. The second kappa shape index (κ2) is 8.84. The van der Waals surface area contributed by atoms with Gasteiger partial charge in [0.05, 0.1) is 6.26 Å². The summed E-state index contributed by atoms with van der Waals surface area (Å²) in [6, 6.07) is -0.0578. The fourth-order valence-electron chi connectivity index (χ4n) is 3.38. The first kappa shape index (κ1) is 20.0. The van der Waals surface area contributed by atoms with E-state index in [0.717, 1.165) is 12.8 Å². The Morgan fingerprint density at radius 3 is 2.20 bits per heavy atom. The Kier molecular flexibility index (Phi) is 7.06. The van der Waals surface area contributed by atoms with E-state index in [9.17, 15) is 18.0 Å². The van der Waals surface area contributed by atoms with Crippen LogP contribution in [0.5, 0.6) is 0 Å². The van der Waals surface area contributed by atoms with Crippen LogP contribution in [0.15, 0.2) is 0 Å². The summed E-state index contributed by atoms with van der Waals surface area (Å²) in [6.45, 7) is 5.90. The number of sulfonamides is 1. The van der Waals surface area contributed by atoms with E-state index in [1.807, 2.05) is 11.8 Å². The zero-order valence-electron chi connectivity index (χ0n) is 15.2. The van der Waals surface area contributed by atoms with Gasteiger partial charge in [-0.3, -0.25) is 4.79 Å². The molecule has 0 radical (unpaired) electrons. The van der Waals surface area contributed by atoms with Crippen LogP contribution in [-0.4, -0.2) is 86.5 Å². The van der Waals surface area contributed by atoms with Gasteiger partial charge in [0, 0.05) is 51.7 Å². The van der Waals surface area contributed by atoms with Crippen LogP contribution in [0.4, 0.5) is 4.79 Å². The van der Waals surface area contributed by atoms with Gasteiger partial charge in [-0.05, 0) is 25.7 Å². The van der Waals surface area contributed by atoms with Gasteiger partial charge in [-0.2, -0.15) is 0 Å². The van der Waals surface area contributed by atoms with Gasteiger partial charge in [0.15, 0.2) is 0 Å². The summed E-state index contributed by atoms with van der Waals surface area (Å²) < 4.78 is 24.6. The minimum absolute atomic E-state index is 0.0578. The van der Waals surface area contributed by atoms with E-state index in [2.05, 4.69) is 5.32 Å². The highest BCUT2D eigenvalue weighted by molar-refractivity contribution is 7.88. The van der Waals surface area contributed by atoms with E-state index >= 15 is 0 Å². The third-order valence-electron chi connectivity index (χ3n) is 4.89. The maximum Gasteiger partial charge on any atom is 0.317 e. The summed E-state index contributed by atoms with van der Waals surface area (Å²) in [4.78, 5) is 28.4. The molecule has 8 nitrogen and oxygen atoms in total. The first-order valence-electron chi connectivity index (χ1n) is 9.09. The van der Waals surface area contributed by atoms with Crippen molar-refractivity contribution in [3.63, 3.8) is 0 Å². The minimum atomic E-state index is -3.17. The molecule has 1 N–H and O–H groups in total. The average molecular weight is 375 g/mol. The summed E-state index contributed by atoms with van der Waals surface area (Å²) >= 11 is 0.